The van der Waals surface area contributed by atoms with Gasteiger partial charge in [-0.25, -0.2) is 4.98 Å². The predicted molar refractivity (Wildman–Crippen MR) is 99.7 cm³/mol. The van der Waals surface area contributed by atoms with Crippen LogP contribution >= 0.6 is 11.8 Å². The number of para-hydroxylation sites is 1. The number of methoxy groups -OCH3 is 1. The highest BCUT2D eigenvalue weighted by Gasteiger charge is 2.31. The molecule has 0 saturated heterocycles. The van der Waals surface area contributed by atoms with Crippen molar-refractivity contribution in [3.05, 3.63) is 64.4 Å². The number of carbonyl (C=O) groups excluding carboxylic acids is 1. The minimum absolute atomic E-state index is 0.0117. The molecular weight excluding hydrogens is 393 g/mol. The Kier molecular flexibility index (Phi) is 5.46. The molecule has 1 heterocycles. The number of fused-ring (bicyclic) bond motifs is 1. The van der Waals surface area contributed by atoms with E-state index in [1.54, 1.807) is 31.2 Å². The van der Waals surface area contributed by atoms with Crippen molar-refractivity contribution in [2.45, 2.75) is 23.5 Å². The highest BCUT2D eigenvalue weighted by Crippen LogP contribution is 2.31. The predicted octanol–water partition coefficient (Wildman–Crippen LogP) is 4.06. The van der Waals surface area contributed by atoms with E-state index in [4.69, 9.17) is 0 Å². The van der Waals surface area contributed by atoms with Gasteiger partial charge in [-0.1, -0.05) is 30.0 Å². The number of nitrogens with zero attached hydrogens (tertiary/aromatic N) is 2. The maximum Gasteiger partial charge on any atom is 0.416 e. The first-order valence-electron chi connectivity index (χ1n) is 8.16. The quantitative estimate of drug-likeness (QED) is 0.370. The van der Waals surface area contributed by atoms with Crippen molar-refractivity contribution in [1.82, 2.24) is 9.55 Å². The van der Waals surface area contributed by atoms with E-state index in [1.165, 1.54) is 19.2 Å². The Bertz CT molecular complexity index is 1100. The van der Waals surface area contributed by atoms with Crippen molar-refractivity contribution in [3.63, 3.8) is 0 Å². The van der Waals surface area contributed by atoms with Crippen LogP contribution in [0.25, 0.3) is 16.6 Å². The molecule has 0 fully saturated rings. The number of halogens is 3. The minimum Gasteiger partial charge on any atom is -0.468 e. The molecule has 0 bridgehead atoms. The second-order valence-electron chi connectivity index (χ2n) is 5.88. The van der Waals surface area contributed by atoms with Crippen LogP contribution in [0, 0.1) is 0 Å². The average Bonchev–Trinajstić information content (AvgIpc) is 2.67. The lowest BCUT2D eigenvalue weighted by molar-refractivity contribution is -0.139. The zero-order valence-corrected chi connectivity index (χ0v) is 15.7. The fourth-order valence-corrected chi connectivity index (χ4v) is 3.57. The summed E-state index contributed by atoms with van der Waals surface area (Å²) in [4.78, 5) is 29.2. The number of carbonyl (C=O) groups is 1. The summed E-state index contributed by atoms with van der Waals surface area (Å²) >= 11 is 0.936. The monoisotopic (exact) mass is 408 g/mol. The molecule has 0 unspecified atom stereocenters. The number of hydrogen-bond acceptors (Lipinski definition) is 5. The molecule has 3 aromatic rings. The lowest BCUT2D eigenvalue weighted by atomic mass is 10.2. The van der Waals surface area contributed by atoms with Crippen molar-refractivity contribution >= 4 is 28.6 Å². The van der Waals surface area contributed by atoms with Gasteiger partial charge >= 0.3 is 12.1 Å². The van der Waals surface area contributed by atoms with Crippen LogP contribution in [-0.2, 0) is 15.7 Å². The van der Waals surface area contributed by atoms with Gasteiger partial charge in [0.1, 0.15) is 5.25 Å². The normalized spacial score (nSPS) is 12.8. The third-order valence-electron chi connectivity index (χ3n) is 3.99. The lowest BCUT2D eigenvalue weighted by Crippen LogP contribution is -2.24. The van der Waals surface area contributed by atoms with E-state index < -0.39 is 28.5 Å². The van der Waals surface area contributed by atoms with Crippen molar-refractivity contribution in [2.75, 3.05) is 7.11 Å². The maximum atomic E-state index is 13.1. The molecule has 3 rings (SSSR count). The van der Waals surface area contributed by atoms with Crippen molar-refractivity contribution in [3.8, 4) is 5.69 Å². The standard InChI is InChI=1S/C19H15F3N2O3S/c1-11(17(26)27-2)28-18-23-15-9-4-3-8-14(15)16(25)24(18)13-7-5-6-12(10-13)19(20,21)22/h3-11H,1-2H3/t11-/m1/s1. The van der Waals surface area contributed by atoms with E-state index in [9.17, 15) is 22.8 Å². The molecule has 0 spiro atoms. The van der Waals surface area contributed by atoms with Crippen LogP contribution in [0.4, 0.5) is 13.2 Å². The number of rotatable bonds is 4. The SMILES string of the molecule is COC(=O)[C@@H](C)Sc1nc2ccccc2c(=O)n1-c1cccc(C(F)(F)F)c1. The van der Waals surface area contributed by atoms with E-state index in [0.29, 0.717) is 5.52 Å². The van der Waals surface area contributed by atoms with Crippen molar-refractivity contribution < 1.29 is 22.7 Å². The van der Waals surface area contributed by atoms with Gasteiger partial charge in [0.15, 0.2) is 5.16 Å². The Balaban J connectivity index is 2.25. The van der Waals surface area contributed by atoms with Crippen molar-refractivity contribution in [1.29, 1.82) is 0 Å². The molecule has 2 aromatic carbocycles. The Hall–Kier alpha value is -2.81. The summed E-state index contributed by atoms with van der Waals surface area (Å²) < 4.78 is 45.2. The summed E-state index contributed by atoms with van der Waals surface area (Å²) in [5.74, 6) is -0.539. The minimum atomic E-state index is -4.56. The summed E-state index contributed by atoms with van der Waals surface area (Å²) in [6, 6.07) is 10.9. The summed E-state index contributed by atoms with van der Waals surface area (Å²) in [7, 11) is 1.23. The fourth-order valence-electron chi connectivity index (χ4n) is 2.61. The number of aromatic nitrogens is 2. The Morgan fingerprint density at radius 3 is 2.57 bits per heavy atom. The highest BCUT2D eigenvalue weighted by molar-refractivity contribution is 8.00. The van der Waals surface area contributed by atoms with E-state index in [0.717, 1.165) is 28.5 Å². The van der Waals surface area contributed by atoms with E-state index in [1.807, 2.05) is 0 Å². The largest absolute Gasteiger partial charge is 0.468 e. The van der Waals surface area contributed by atoms with Gasteiger partial charge in [-0.3, -0.25) is 14.2 Å². The molecule has 0 N–H and O–H groups in total. The number of alkyl halides is 3. The van der Waals surface area contributed by atoms with Gasteiger partial charge < -0.3 is 4.74 Å². The van der Waals surface area contributed by atoms with Gasteiger partial charge in [0.25, 0.3) is 5.56 Å². The summed E-state index contributed by atoms with van der Waals surface area (Å²) in [6.07, 6.45) is -4.56. The topological polar surface area (TPSA) is 61.2 Å². The fraction of sp³-hybridized carbons (Fsp3) is 0.211. The molecule has 0 radical (unpaired) electrons. The number of esters is 1. The van der Waals surface area contributed by atoms with E-state index in [-0.39, 0.29) is 16.2 Å². The third-order valence-corrected chi connectivity index (χ3v) is 5.02. The molecule has 28 heavy (non-hydrogen) atoms. The molecule has 0 saturated carbocycles. The molecule has 1 atom stereocenters. The highest BCUT2D eigenvalue weighted by atomic mass is 32.2. The first-order chi connectivity index (χ1) is 13.2. The number of thioether (sulfide) groups is 1. The summed E-state index contributed by atoms with van der Waals surface area (Å²) in [6.45, 7) is 1.56. The van der Waals surface area contributed by atoms with Crippen LogP contribution in [0.2, 0.25) is 0 Å². The van der Waals surface area contributed by atoms with E-state index >= 15 is 0 Å². The first kappa shape index (κ1) is 19.9. The third kappa shape index (κ3) is 3.89. The average molecular weight is 408 g/mol. The molecule has 0 aliphatic carbocycles. The molecule has 9 heteroatoms. The van der Waals surface area contributed by atoms with Gasteiger partial charge in [0, 0.05) is 0 Å². The van der Waals surface area contributed by atoms with Crippen LogP contribution in [0.1, 0.15) is 12.5 Å². The van der Waals surface area contributed by atoms with Gasteiger partial charge in [0.05, 0.1) is 29.3 Å². The molecule has 146 valence electrons. The molecule has 5 nitrogen and oxygen atoms in total. The summed E-state index contributed by atoms with van der Waals surface area (Å²) in [5.41, 5.74) is -1.01. The van der Waals surface area contributed by atoms with Crippen LogP contribution in [0.5, 0.6) is 0 Å². The number of hydrogen-bond donors (Lipinski definition) is 0. The van der Waals surface area contributed by atoms with E-state index in [2.05, 4.69) is 9.72 Å². The molecular formula is C19H15F3N2O3S. The zero-order chi connectivity index (χ0) is 20.5. The van der Waals surface area contributed by atoms with Crippen LogP contribution < -0.4 is 5.56 Å². The molecule has 1 aromatic heterocycles. The van der Waals surface area contributed by atoms with Gasteiger partial charge in [0.2, 0.25) is 0 Å². The smallest absolute Gasteiger partial charge is 0.416 e. The molecule has 0 amide bonds. The van der Waals surface area contributed by atoms with Gasteiger partial charge in [-0.15, -0.1) is 0 Å². The van der Waals surface area contributed by atoms with Crippen LogP contribution in [-0.4, -0.2) is 27.9 Å². The Morgan fingerprint density at radius 1 is 1.18 bits per heavy atom. The van der Waals surface area contributed by atoms with Crippen molar-refractivity contribution in [2.24, 2.45) is 0 Å². The Morgan fingerprint density at radius 2 is 1.89 bits per heavy atom. The number of ether oxygens (including phenoxy) is 1. The lowest BCUT2D eigenvalue weighted by Gasteiger charge is -2.16. The maximum absolute atomic E-state index is 13.1. The summed E-state index contributed by atoms with van der Waals surface area (Å²) in [5, 5.41) is -0.356. The van der Waals surface area contributed by atoms with Crippen LogP contribution in [0.3, 0.4) is 0 Å². The molecule has 0 aliphatic rings. The van der Waals surface area contributed by atoms with Crippen LogP contribution in [0.15, 0.2) is 58.5 Å². The zero-order valence-electron chi connectivity index (χ0n) is 14.9. The second-order valence-corrected chi connectivity index (χ2v) is 7.19. The second kappa shape index (κ2) is 7.67. The Labute approximate surface area is 162 Å². The first-order valence-corrected chi connectivity index (χ1v) is 9.04. The van der Waals surface area contributed by atoms with Gasteiger partial charge in [-0.05, 0) is 37.3 Å². The molecule has 0 aliphatic heterocycles. The van der Waals surface area contributed by atoms with Gasteiger partial charge in [-0.2, -0.15) is 13.2 Å². The number of benzene rings is 2.